The topological polar surface area (TPSA) is 43.4 Å². The number of benzene rings is 2. The molecular formula is C27H35F3O3S. The minimum Gasteiger partial charge on any atom is -0.376 e. The van der Waals surface area contributed by atoms with Crippen molar-refractivity contribution in [1.29, 1.82) is 0 Å². The van der Waals surface area contributed by atoms with Crippen LogP contribution in [0.5, 0.6) is 5.75 Å². The Labute approximate surface area is 201 Å². The van der Waals surface area contributed by atoms with Gasteiger partial charge in [0.25, 0.3) is 0 Å². The highest BCUT2D eigenvalue weighted by atomic mass is 32.2. The maximum absolute atomic E-state index is 12.7. The van der Waals surface area contributed by atoms with Crippen LogP contribution in [0.4, 0.5) is 13.2 Å². The molecular weight excluding hydrogens is 461 g/mol. The Hall–Kier alpha value is -2.02. The molecule has 0 aromatic heterocycles. The molecule has 2 aromatic rings. The van der Waals surface area contributed by atoms with E-state index in [-0.39, 0.29) is 5.75 Å². The van der Waals surface area contributed by atoms with Crippen molar-refractivity contribution in [2.24, 2.45) is 5.92 Å². The number of unbranched alkanes of at least 4 members (excludes halogenated alkanes) is 2. The predicted octanol–water partition coefficient (Wildman–Crippen LogP) is 8.31. The van der Waals surface area contributed by atoms with Gasteiger partial charge in [-0.05, 0) is 90.8 Å². The van der Waals surface area contributed by atoms with Gasteiger partial charge in [-0.25, -0.2) is 0 Å². The molecule has 0 atom stereocenters. The van der Waals surface area contributed by atoms with E-state index in [0.717, 1.165) is 28.2 Å². The fourth-order valence-corrected chi connectivity index (χ4v) is 5.51. The van der Waals surface area contributed by atoms with Crippen molar-refractivity contribution in [2.45, 2.75) is 90.0 Å². The quantitative estimate of drug-likeness (QED) is 0.199. The molecule has 0 saturated heterocycles. The Kier molecular flexibility index (Phi) is 8.72. The number of hydrogen-bond donors (Lipinski definition) is 0. The normalized spacial score (nSPS) is 19.2. The second-order valence-electron chi connectivity index (χ2n) is 9.44. The van der Waals surface area contributed by atoms with E-state index >= 15 is 0 Å². The van der Waals surface area contributed by atoms with Crippen LogP contribution in [0.15, 0.2) is 36.4 Å². The summed E-state index contributed by atoms with van der Waals surface area (Å²) < 4.78 is 65.0. The molecule has 3 rings (SSSR count). The average Bonchev–Trinajstić information content (AvgIpc) is 2.79. The SMILES string of the molecule is CCCCCC1CCC(c2ccc(-c3ccc(OS(=O)(=O)C(F)(F)F)cc3CC)c(C)c2)CC1. The van der Waals surface area contributed by atoms with E-state index in [9.17, 15) is 21.6 Å². The summed E-state index contributed by atoms with van der Waals surface area (Å²) in [7, 11) is -5.69. The van der Waals surface area contributed by atoms with Crippen LogP contribution in [0.3, 0.4) is 0 Å². The third-order valence-electron chi connectivity index (χ3n) is 7.02. The van der Waals surface area contributed by atoms with Gasteiger partial charge in [0.2, 0.25) is 0 Å². The van der Waals surface area contributed by atoms with Crippen LogP contribution in [0, 0.1) is 12.8 Å². The Morgan fingerprint density at radius 3 is 2.21 bits per heavy atom. The average molecular weight is 497 g/mol. The van der Waals surface area contributed by atoms with Gasteiger partial charge in [-0.2, -0.15) is 21.6 Å². The van der Waals surface area contributed by atoms with Crippen LogP contribution in [0.1, 0.15) is 87.8 Å². The molecule has 1 aliphatic rings. The maximum atomic E-state index is 12.7. The van der Waals surface area contributed by atoms with Gasteiger partial charge in [0.15, 0.2) is 0 Å². The minimum atomic E-state index is -5.69. The highest BCUT2D eigenvalue weighted by Crippen LogP contribution is 2.40. The van der Waals surface area contributed by atoms with Crippen LogP contribution in [-0.2, 0) is 16.5 Å². The summed E-state index contributed by atoms with van der Waals surface area (Å²) in [5, 5.41) is 0. The van der Waals surface area contributed by atoms with E-state index in [1.165, 1.54) is 69.1 Å². The van der Waals surface area contributed by atoms with E-state index < -0.39 is 15.6 Å². The fourth-order valence-electron chi connectivity index (χ4n) is 5.06. The lowest BCUT2D eigenvalue weighted by Gasteiger charge is -2.29. The van der Waals surface area contributed by atoms with Crippen LogP contribution in [0.2, 0.25) is 0 Å². The van der Waals surface area contributed by atoms with Gasteiger partial charge >= 0.3 is 15.6 Å². The fraction of sp³-hybridized carbons (Fsp3) is 0.556. The van der Waals surface area contributed by atoms with Crippen molar-refractivity contribution in [3.05, 3.63) is 53.1 Å². The lowest BCUT2D eigenvalue weighted by atomic mass is 9.76. The molecule has 1 saturated carbocycles. The molecule has 0 heterocycles. The van der Waals surface area contributed by atoms with E-state index in [2.05, 4.69) is 29.3 Å². The predicted molar refractivity (Wildman–Crippen MR) is 130 cm³/mol. The Morgan fingerprint density at radius 1 is 0.941 bits per heavy atom. The number of alkyl halides is 3. The second-order valence-corrected chi connectivity index (χ2v) is 11.0. The van der Waals surface area contributed by atoms with Gasteiger partial charge in [0.1, 0.15) is 5.75 Å². The minimum absolute atomic E-state index is 0.331. The van der Waals surface area contributed by atoms with Crippen molar-refractivity contribution in [1.82, 2.24) is 0 Å². The summed E-state index contributed by atoms with van der Waals surface area (Å²) in [5.74, 6) is 1.10. The Morgan fingerprint density at radius 2 is 1.62 bits per heavy atom. The number of aryl methyl sites for hydroxylation is 2. The van der Waals surface area contributed by atoms with Gasteiger partial charge in [-0.1, -0.05) is 63.8 Å². The first-order chi connectivity index (χ1) is 16.1. The standard InChI is InChI=1S/C27H35F3O3S/c1-4-6-7-8-20-9-11-22(12-10-20)23-13-15-25(19(3)17-23)26-16-14-24(18-21(26)5-2)33-34(31,32)27(28,29)30/h13-18,20,22H,4-12H2,1-3H3. The molecule has 0 spiro atoms. The smallest absolute Gasteiger partial charge is 0.376 e. The molecule has 188 valence electrons. The van der Waals surface area contributed by atoms with Crippen molar-refractivity contribution in [2.75, 3.05) is 0 Å². The molecule has 2 aromatic carbocycles. The zero-order valence-corrected chi connectivity index (χ0v) is 21.1. The summed E-state index contributed by atoms with van der Waals surface area (Å²) in [6, 6.07) is 10.8. The van der Waals surface area contributed by atoms with Gasteiger partial charge in [0, 0.05) is 0 Å². The first-order valence-corrected chi connectivity index (χ1v) is 13.7. The van der Waals surface area contributed by atoms with E-state index in [0.29, 0.717) is 12.3 Å². The maximum Gasteiger partial charge on any atom is 0.534 e. The van der Waals surface area contributed by atoms with Gasteiger partial charge in [-0.3, -0.25) is 0 Å². The zero-order valence-electron chi connectivity index (χ0n) is 20.2. The molecule has 3 nitrogen and oxygen atoms in total. The summed E-state index contributed by atoms with van der Waals surface area (Å²) >= 11 is 0. The van der Waals surface area contributed by atoms with E-state index in [1.54, 1.807) is 6.07 Å². The molecule has 0 radical (unpaired) electrons. The van der Waals surface area contributed by atoms with Crippen LogP contribution in [0.25, 0.3) is 11.1 Å². The third kappa shape index (κ3) is 6.35. The van der Waals surface area contributed by atoms with Gasteiger partial charge in [0.05, 0.1) is 0 Å². The number of rotatable bonds is 9. The number of halogens is 3. The lowest BCUT2D eigenvalue weighted by molar-refractivity contribution is -0.0500. The highest BCUT2D eigenvalue weighted by Gasteiger charge is 2.48. The summed E-state index contributed by atoms with van der Waals surface area (Å²) in [6.45, 7) is 6.17. The van der Waals surface area contributed by atoms with Crippen LogP contribution >= 0.6 is 0 Å². The Balaban J connectivity index is 1.74. The molecule has 0 unspecified atom stereocenters. The summed E-state index contributed by atoms with van der Waals surface area (Å²) in [5.41, 5.74) is -0.393. The van der Waals surface area contributed by atoms with Crippen molar-refractivity contribution in [3.8, 4) is 16.9 Å². The number of hydrogen-bond acceptors (Lipinski definition) is 3. The molecule has 0 N–H and O–H groups in total. The molecule has 1 fully saturated rings. The van der Waals surface area contributed by atoms with Crippen molar-refractivity contribution < 1.29 is 25.8 Å². The first kappa shape index (κ1) is 26.6. The third-order valence-corrected chi connectivity index (χ3v) is 8.00. The summed E-state index contributed by atoms with van der Waals surface area (Å²) in [6.07, 6.45) is 10.8. The second kappa shape index (κ2) is 11.1. The van der Waals surface area contributed by atoms with E-state index in [4.69, 9.17) is 0 Å². The largest absolute Gasteiger partial charge is 0.534 e. The van der Waals surface area contributed by atoms with Crippen LogP contribution in [-0.4, -0.2) is 13.9 Å². The Bertz CT molecular complexity index is 1070. The zero-order chi connectivity index (χ0) is 24.9. The molecule has 34 heavy (non-hydrogen) atoms. The van der Waals surface area contributed by atoms with Crippen molar-refractivity contribution >= 4 is 10.1 Å². The highest BCUT2D eigenvalue weighted by molar-refractivity contribution is 7.88. The monoisotopic (exact) mass is 496 g/mol. The summed E-state index contributed by atoms with van der Waals surface area (Å²) in [4.78, 5) is 0. The van der Waals surface area contributed by atoms with Gasteiger partial charge < -0.3 is 4.18 Å². The van der Waals surface area contributed by atoms with Gasteiger partial charge in [-0.15, -0.1) is 0 Å². The first-order valence-electron chi connectivity index (χ1n) is 12.3. The molecule has 0 aliphatic heterocycles. The molecule has 0 bridgehead atoms. The molecule has 1 aliphatic carbocycles. The molecule has 7 heteroatoms. The van der Waals surface area contributed by atoms with E-state index in [1.807, 2.05) is 13.8 Å². The lowest BCUT2D eigenvalue weighted by Crippen LogP contribution is -2.28. The van der Waals surface area contributed by atoms with Crippen molar-refractivity contribution in [3.63, 3.8) is 0 Å². The molecule has 0 amide bonds. The van der Waals surface area contributed by atoms with Crippen LogP contribution < -0.4 is 4.18 Å².